The van der Waals surface area contributed by atoms with Gasteiger partial charge in [0.05, 0.1) is 22.2 Å². The third-order valence-corrected chi connectivity index (χ3v) is 4.54. The Balaban J connectivity index is 3.39. The second-order valence-electron chi connectivity index (χ2n) is 9.30. The van der Waals surface area contributed by atoms with E-state index in [-0.39, 0.29) is 16.7 Å². The van der Waals surface area contributed by atoms with Crippen molar-refractivity contribution in [3.8, 4) is 0 Å². The maximum Gasteiger partial charge on any atom is 0.427 e. The van der Waals surface area contributed by atoms with Crippen LogP contribution in [0.3, 0.4) is 0 Å². The third kappa shape index (κ3) is 8.35. The molecule has 30 heavy (non-hydrogen) atoms. The van der Waals surface area contributed by atoms with Crippen molar-refractivity contribution in [1.82, 2.24) is 9.97 Å². The number of carbonyl (C=O) groups is 2. The Hall–Kier alpha value is -2.07. The monoisotopic (exact) mass is 460 g/mol. The zero-order valence-electron chi connectivity index (χ0n) is 18.8. The van der Waals surface area contributed by atoms with Crippen molar-refractivity contribution in [2.45, 2.75) is 78.3 Å². The van der Waals surface area contributed by atoms with E-state index in [2.05, 4.69) is 14.4 Å². The summed E-state index contributed by atoms with van der Waals surface area (Å²) < 4.78 is 26.1. The summed E-state index contributed by atoms with van der Waals surface area (Å²) in [6.45, 7) is 15.2. The van der Waals surface area contributed by atoms with Crippen LogP contribution in [0.2, 0.25) is 5.02 Å². The van der Waals surface area contributed by atoms with Gasteiger partial charge in [-0.05, 0) is 62.3 Å². The summed E-state index contributed by atoms with van der Waals surface area (Å²) in [6, 6.07) is 0. The van der Waals surface area contributed by atoms with Gasteiger partial charge in [0, 0.05) is 0 Å². The van der Waals surface area contributed by atoms with E-state index in [9.17, 15) is 13.8 Å². The van der Waals surface area contributed by atoms with Gasteiger partial charge in [-0.15, -0.1) is 4.90 Å². The molecule has 1 rings (SSSR count). The fourth-order valence-corrected chi connectivity index (χ4v) is 2.33. The van der Waals surface area contributed by atoms with Crippen LogP contribution < -0.4 is 4.90 Å². The van der Waals surface area contributed by atoms with Gasteiger partial charge in [-0.3, -0.25) is 0 Å². The summed E-state index contributed by atoms with van der Waals surface area (Å²) in [5.74, 6) is -0.314. The number of hydrogen-bond donors (Lipinski definition) is 0. The van der Waals surface area contributed by atoms with Crippen molar-refractivity contribution in [1.29, 1.82) is 0 Å². The molecule has 0 saturated heterocycles. The molecule has 0 saturated carbocycles. The van der Waals surface area contributed by atoms with E-state index in [1.807, 2.05) is 0 Å². The SMILES string of the molecule is CC(C)(C)OC(=O)N(C(=O)OC(C)(C)C)c1ncc(Cl)c(C=N[S@@](=O)C(C)(C)C)n1. The lowest BCUT2D eigenvalue weighted by Crippen LogP contribution is -2.44. The van der Waals surface area contributed by atoms with Gasteiger partial charge in [0.1, 0.15) is 27.9 Å². The highest BCUT2D eigenvalue weighted by molar-refractivity contribution is 7.85. The van der Waals surface area contributed by atoms with E-state index in [4.69, 9.17) is 21.1 Å². The molecule has 11 heteroatoms. The maximum absolute atomic E-state index is 12.7. The molecule has 0 unspecified atom stereocenters. The lowest BCUT2D eigenvalue weighted by atomic mass is 10.2. The smallest absolute Gasteiger partial charge is 0.427 e. The molecule has 0 bridgehead atoms. The highest BCUT2D eigenvalue weighted by Gasteiger charge is 2.35. The largest absolute Gasteiger partial charge is 0.443 e. The number of halogens is 1. The molecule has 1 aromatic rings. The minimum atomic E-state index is -1.55. The molecule has 1 heterocycles. The molecule has 0 fully saturated rings. The van der Waals surface area contributed by atoms with Crippen LogP contribution in [-0.4, -0.2) is 48.5 Å². The molecule has 0 N–H and O–H groups in total. The summed E-state index contributed by atoms with van der Waals surface area (Å²) in [5, 5.41) is 0.0988. The van der Waals surface area contributed by atoms with Gasteiger partial charge in [-0.25, -0.2) is 23.8 Å². The third-order valence-electron chi connectivity index (χ3n) is 2.91. The molecule has 0 aromatic carbocycles. The molecule has 2 amide bonds. The van der Waals surface area contributed by atoms with Crippen LogP contribution in [0.1, 0.15) is 68.0 Å². The topological polar surface area (TPSA) is 111 Å². The Morgan fingerprint density at radius 1 is 1.03 bits per heavy atom. The number of hydrogen-bond acceptors (Lipinski definition) is 7. The first-order valence-electron chi connectivity index (χ1n) is 9.15. The first-order valence-corrected chi connectivity index (χ1v) is 10.6. The quantitative estimate of drug-likeness (QED) is 0.601. The van der Waals surface area contributed by atoms with Gasteiger partial charge in [-0.1, -0.05) is 11.6 Å². The Labute approximate surface area is 184 Å². The van der Waals surface area contributed by atoms with Crippen molar-refractivity contribution in [2.24, 2.45) is 4.40 Å². The van der Waals surface area contributed by atoms with Crippen LogP contribution in [0, 0.1) is 0 Å². The first-order chi connectivity index (χ1) is 13.4. The van der Waals surface area contributed by atoms with E-state index in [1.165, 1.54) is 12.4 Å². The van der Waals surface area contributed by atoms with Crippen molar-refractivity contribution in [3.63, 3.8) is 0 Å². The summed E-state index contributed by atoms with van der Waals surface area (Å²) in [5.41, 5.74) is -1.67. The number of anilines is 1. The molecule has 0 aliphatic carbocycles. The number of aromatic nitrogens is 2. The molecule has 1 atom stereocenters. The van der Waals surface area contributed by atoms with Gasteiger partial charge in [0.15, 0.2) is 0 Å². The fourth-order valence-electron chi connectivity index (χ4n) is 1.68. The fraction of sp³-hybridized carbons (Fsp3) is 0.632. The molecule has 0 aliphatic heterocycles. The zero-order valence-corrected chi connectivity index (χ0v) is 20.3. The minimum absolute atomic E-state index is 0.0800. The predicted octanol–water partition coefficient (Wildman–Crippen LogP) is 4.69. The highest BCUT2D eigenvalue weighted by atomic mass is 35.5. The number of rotatable bonds is 3. The second kappa shape index (κ2) is 9.38. The molecule has 1 aromatic heterocycles. The highest BCUT2D eigenvalue weighted by Crippen LogP contribution is 2.21. The Morgan fingerprint density at radius 2 is 1.50 bits per heavy atom. The predicted molar refractivity (Wildman–Crippen MR) is 117 cm³/mol. The van der Waals surface area contributed by atoms with Crippen molar-refractivity contribution >= 4 is 46.9 Å². The first kappa shape index (κ1) is 26.0. The van der Waals surface area contributed by atoms with Crippen LogP contribution >= 0.6 is 11.6 Å². The molecule has 168 valence electrons. The Kier molecular flexibility index (Phi) is 8.12. The summed E-state index contributed by atoms with van der Waals surface area (Å²) in [6.07, 6.45) is 0.380. The number of imide groups is 1. The van der Waals surface area contributed by atoms with Crippen molar-refractivity contribution in [2.75, 3.05) is 4.90 Å². The van der Waals surface area contributed by atoms with Gasteiger partial charge in [-0.2, -0.15) is 4.40 Å². The van der Waals surface area contributed by atoms with E-state index in [0.29, 0.717) is 4.90 Å². The molecular formula is C19H29ClN4O5S. The molecule has 0 radical (unpaired) electrons. The normalized spacial score (nSPS) is 13.8. The molecule has 0 spiro atoms. The number of nitrogens with zero attached hydrogens (tertiary/aromatic N) is 4. The van der Waals surface area contributed by atoms with Crippen LogP contribution in [0.25, 0.3) is 0 Å². The average Bonchev–Trinajstić information content (AvgIpc) is 2.50. The Bertz CT molecular complexity index is 826. The summed E-state index contributed by atoms with van der Waals surface area (Å²) >= 11 is 6.10. The van der Waals surface area contributed by atoms with Gasteiger partial charge in [0.25, 0.3) is 0 Å². The van der Waals surface area contributed by atoms with Crippen LogP contribution in [0.4, 0.5) is 15.5 Å². The van der Waals surface area contributed by atoms with Crippen molar-refractivity contribution in [3.05, 3.63) is 16.9 Å². The standard InChI is InChI=1S/C19H29ClN4O5S/c1-17(2,3)28-15(25)24(16(26)29-18(4,5)6)14-21-10-12(20)13(23-14)11-22-30(27)19(7,8)9/h10-11H,1-9H3/t30-/m0/s1. The van der Waals surface area contributed by atoms with Crippen LogP contribution in [0.5, 0.6) is 0 Å². The maximum atomic E-state index is 12.7. The van der Waals surface area contributed by atoms with Gasteiger partial charge in [0.2, 0.25) is 5.95 Å². The van der Waals surface area contributed by atoms with E-state index in [0.717, 1.165) is 0 Å². The van der Waals surface area contributed by atoms with Crippen LogP contribution in [0.15, 0.2) is 10.6 Å². The van der Waals surface area contributed by atoms with Gasteiger partial charge < -0.3 is 9.47 Å². The minimum Gasteiger partial charge on any atom is -0.443 e. The van der Waals surface area contributed by atoms with E-state index < -0.39 is 39.1 Å². The molecular weight excluding hydrogens is 432 g/mol. The Morgan fingerprint density at radius 3 is 1.90 bits per heavy atom. The zero-order chi connectivity index (χ0) is 23.5. The lowest BCUT2D eigenvalue weighted by molar-refractivity contribution is 0.0427. The number of amides is 2. The lowest BCUT2D eigenvalue weighted by Gasteiger charge is -2.27. The van der Waals surface area contributed by atoms with Gasteiger partial charge >= 0.3 is 12.2 Å². The summed E-state index contributed by atoms with van der Waals surface area (Å²) in [4.78, 5) is 34.0. The second-order valence-corrected chi connectivity index (χ2v) is 11.6. The molecule has 9 nitrogen and oxygen atoms in total. The van der Waals surface area contributed by atoms with E-state index in [1.54, 1.807) is 62.3 Å². The average molecular weight is 461 g/mol. The van der Waals surface area contributed by atoms with Crippen LogP contribution in [-0.2, 0) is 20.5 Å². The van der Waals surface area contributed by atoms with E-state index >= 15 is 0 Å². The number of ether oxygens (including phenoxy) is 2. The molecule has 0 aliphatic rings. The van der Waals surface area contributed by atoms with Crippen molar-refractivity contribution < 1.29 is 23.3 Å². The summed E-state index contributed by atoms with van der Waals surface area (Å²) in [7, 11) is -1.55. The number of carbonyl (C=O) groups excluding carboxylic acids is 2.